The van der Waals surface area contributed by atoms with Gasteiger partial charge in [0, 0.05) is 5.56 Å². The summed E-state index contributed by atoms with van der Waals surface area (Å²) < 4.78 is 19.6. The van der Waals surface area contributed by atoms with Crippen LogP contribution in [0.15, 0.2) is 98.3 Å². The van der Waals surface area contributed by atoms with Crippen molar-refractivity contribution in [2.75, 3.05) is 13.7 Å². The zero-order valence-corrected chi connectivity index (χ0v) is 24.6. The Bertz CT molecular complexity index is 1780. The molecule has 1 aliphatic heterocycles. The Morgan fingerprint density at radius 2 is 1.82 bits per heavy atom. The van der Waals surface area contributed by atoms with Crippen LogP contribution >= 0.6 is 27.3 Å². The van der Waals surface area contributed by atoms with Crippen molar-refractivity contribution < 1.29 is 19.0 Å². The monoisotopic (exact) mass is 618 g/mol. The maximum Gasteiger partial charge on any atom is 0.338 e. The predicted octanol–water partition coefficient (Wildman–Crippen LogP) is 5.15. The van der Waals surface area contributed by atoms with Gasteiger partial charge in [0.05, 0.1) is 40.0 Å². The Balaban J connectivity index is 1.62. The Morgan fingerprint density at radius 1 is 1.07 bits per heavy atom. The molecule has 0 saturated heterocycles. The summed E-state index contributed by atoms with van der Waals surface area (Å²) in [5.74, 6) is 0.799. The van der Waals surface area contributed by atoms with Gasteiger partial charge in [0.15, 0.2) is 4.80 Å². The molecule has 1 aliphatic rings. The van der Waals surface area contributed by atoms with Crippen LogP contribution < -0.4 is 24.4 Å². The van der Waals surface area contributed by atoms with E-state index in [4.69, 9.17) is 14.2 Å². The second kappa shape index (κ2) is 12.1. The summed E-state index contributed by atoms with van der Waals surface area (Å²) >= 11 is 4.81. The highest BCUT2D eigenvalue weighted by atomic mass is 79.9. The van der Waals surface area contributed by atoms with Crippen LogP contribution in [0.25, 0.3) is 6.08 Å². The number of methoxy groups -OCH3 is 1. The normalized spacial score (nSPS) is 14.9. The van der Waals surface area contributed by atoms with E-state index < -0.39 is 12.0 Å². The van der Waals surface area contributed by atoms with Gasteiger partial charge in [-0.1, -0.05) is 65.9 Å². The first-order chi connectivity index (χ1) is 19.4. The number of para-hydroxylation sites is 1. The molecule has 0 saturated carbocycles. The zero-order valence-electron chi connectivity index (χ0n) is 22.2. The molecule has 0 unspecified atom stereocenters. The average molecular weight is 620 g/mol. The van der Waals surface area contributed by atoms with E-state index in [1.807, 2.05) is 72.8 Å². The molecule has 0 spiro atoms. The molecule has 0 amide bonds. The molecule has 1 atom stereocenters. The van der Waals surface area contributed by atoms with Crippen molar-refractivity contribution in [3.63, 3.8) is 0 Å². The summed E-state index contributed by atoms with van der Waals surface area (Å²) in [7, 11) is 1.58. The predicted molar refractivity (Wildman–Crippen MR) is 158 cm³/mol. The maximum atomic E-state index is 14.0. The molecule has 4 aromatic rings. The number of ether oxygens (including phenoxy) is 3. The summed E-state index contributed by atoms with van der Waals surface area (Å²) in [5, 5.41) is 0. The van der Waals surface area contributed by atoms with E-state index in [0.717, 1.165) is 16.7 Å². The lowest BCUT2D eigenvalue weighted by atomic mass is 9.96. The van der Waals surface area contributed by atoms with Crippen molar-refractivity contribution in [2.45, 2.75) is 26.5 Å². The minimum atomic E-state index is -0.718. The minimum Gasteiger partial charge on any atom is -0.496 e. The van der Waals surface area contributed by atoms with Crippen molar-refractivity contribution in [2.24, 2.45) is 4.99 Å². The quantitative estimate of drug-likeness (QED) is 0.255. The van der Waals surface area contributed by atoms with Crippen LogP contribution in [-0.4, -0.2) is 24.3 Å². The second-order valence-corrected chi connectivity index (χ2v) is 10.9. The summed E-state index contributed by atoms with van der Waals surface area (Å²) in [4.78, 5) is 32.3. The largest absolute Gasteiger partial charge is 0.496 e. The molecule has 0 bridgehead atoms. The Labute approximate surface area is 243 Å². The van der Waals surface area contributed by atoms with Gasteiger partial charge in [0.2, 0.25) is 0 Å². The number of aromatic nitrogens is 1. The molecule has 9 heteroatoms. The summed E-state index contributed by atoms with van der Waals surface area (Å²) in [6.45, 7) is 4.13. The minimum absolute atomic E-state index is 0.207. The molecule has 0 fully saturated rings. The third-order valence-corrected chi connectivity index (χ3v) is 8.05. The number of carbonyl (C=O) groups excluding carboxylic acids is 1. The first kappa shape index (κ1) is 27.6. The molecule has 5 rings (SSSR count). The number of esters is 1. The number of benzene rings is 3. The molecule has 0 N–H and O–H groups in total. The molecular weight excluding hydrogens is 592 g/mol. The number of carbonyl (C=O) groups is 1. The third kappa shape index (κ3) is 5.52. The molecular formula is C31H27BrN2O5S. The lowest BCUT2D eigenvalue weighted by Gasteiger charge is -2.25. The van der Waals surface area contributed by atoms with Crippen molar-refractivity contribution in [3.8, 4) is 11.5 Å². The van der Waals surface area contributed by atoms with Crippen LogP contribution in [0.4, 0.5) is 0 Å². The SMILES string of the molecule is CCOC(=O)C1=C(C)N=c2s/c(=C/c3ccccc3OCc3ccccc3)c(=O)n2[C@@H]1c1ccc(OC)c(Br)c1. The maximum absolute atomic E-state index is 14.0. The summed E-state index contributed by atoms with van der Waals surface area (Å²) in [5.41, 5.74) is 3.12. The number of halogens is 1. The first-order valence-corrected chi connectivity index (χ1v) is 14.3. The molecule has 204 valence electrons. The van der Waals surface area contributed by atoms with Gasteiger partial charge in [-0.05, 0) is 65.2 Å². The van der Waals surface area contributed by atoms with Gasteiger partial charge in [-0.15, -0.1) is 0 Å². The van der Waals surface area contributed by atoms with E-state index in [1.165, 1.54) is 11.3 Å². The van der Waals surface area contributed by atoms with Crippen LogP contribution in [0.2, 0.25) is 0 Å². The van der Waals surface area contributed by atoms with Gasteiger partial charge in [-0.3, -0.25) is 9.36 Å². The van der Waals surface area contributed by atoms with Gasteiger partial charge in [-0.25, -0.2) is 9.79 Å². The third-order valence-electron chi connectivity index (χ3n) is 6.45. The number of thiazole rings is 1. The highest BCUT2D eigenvalue weighted by Crippen LogP contribution is 2.35. The van der Waals surface area contributed by atoms with Crippen molar-refractivity contribution in [1.82, 2.24) is 4.57 Å². The van der Waals surface area contributed by atoms with Gasteiger partial charge in [-0.2, -0.15) is 0 Å². The number of fused-ring (bicyclic) bond motifs is 1. The summed E-state index contributed by atoms with van der Waals surface area (Å²) in [6, 6.07) is 22.3. The van der Waals surface area contributed by atoms with Crippen LogP contribution in [-0.2, 0) is 16.1 Å². The fourth-order valence-corrected chi connectivity index (χ4v) is 6.16. The molecule has 2 heterocycles. The number of rotatable bonds is 8. The molecule has 3 aromatic carbocycles. The highest BCUT2D eigenvalue weighted by molar-refractivity contribution is 9.10. The smallest absolute Gasteiger partial charge is 0.338 e. The average Bonchev–Trinajstić information content (AvgIpc) is 3.26. The van der Waals surface area contributed by atoms with Crippen molar-refractivity contribution >= 4 is 39.3 Å². The Hall–Kier alpha value is -3.95. The van der Waals surface area contributed by atoms with E-state index in [-0.39, 0.29) is 12.2 Å². The van der Waals surface area contributed by atoms with E-state index in [1.54, 1.807) is 31.6 Å². The molecule has 40 heavy (non-hydrogen) atoms. The highest BCUT2D eigenvalue weighted by Gasteiger charge is 2.33. The number of hydrogen-bond donors (Lipinski definition) is 0. The first-order valence-electron chi connectivity index (χ1n) is 12.7. The fraction of sp³-hybridized carbons (Fsp3) is 0.194. The van der Waals surface area contributed by atoms with Crippen LogP contribution in [0.1, 0.15) is 36.6 Å². The van der Waals surface area contributed by atoms with Crippen LogP contribution in [0, 0.1) is 0 Å². The number of nitrogens with zero attached hydrogens (tertiary/aromatic N) is 2. The lowest BCUT2D eigenvalue weighted by molar-refractivity contribution is -0.139. The van der Waals surface area contributed by atoms with Crippen molar-refractivity contribution in [1.29, 1.82) is 0 Å². The molecule has 0 aliphatic carbocycles. The standard InChI is InChI=1S/C31H27BrN2O5S/c1-4-38-30(36)27-19(2)33-31-34(28(27)22-14-15-25(37-3)23(32)16-22)29(35)26(40-31)17-21-12-8-9-13-24(21)39-18-20-10-6-5-7-11-20/h5-17,28H,4,18H2,1-3H3/b26-17+/t28-/m1/s1. The fourth-order valence-electron chi connectivity index (χ4n) is 4.57. The van der Waals surface area contributed by atoms with Gasteiger partial charge in [0.25, 0.3) is 5.56 Å². The zero-order chi connectivity index (χ0) is 28.2. The van der Waals surface area contributed by atoms with Crippen molar-refractivity contribution in [3.05, 3.63) is 125 Å². The topological polar surface area (TPSA) is 79.1 Å². The lowest BCUT2D eigenvalue weighted by Crippen LogP contribution is -2.40. The Kier molecular flexibility index (Phi) is 8.32. The number of hydrogen-bond acceptors (Lipinski definition) is 7. The second-order valence-electron chi connectivity index (χ2n) is 9.01. The van der Waals surface area contributed by atoms with E-state index in [9.17, 15) is 9.59 Å². The van der Waals surface area contributed by atoms with Gasteiger partial charge in [0.1, 0.15) is 18.1 Å². The van der Waals surface area contributed by atoms with Gasteiger partial charge >= 0.3 is 5.97 Å². The van der Waals surface area contributed by atoms with E-state index in [0.29, 0.717) is 43.2 Å². The van der Waals surface area contributed by atoms with Crippen LogP contribution in [0.3, 0.4) is 0 Å². The van der Waals surface area contributed by atoms with E-state index >= 15 is 0 Å². The van der Waals surface area contributed by atoms with Gasteiger partial charge < -0.3 is 14.2 Å². The Morgan fingerprint density at radius 3 is 2.55 bits per heavy atom. The molecule has 0 radical (unpaired) electrons. The van der Waals surface area contributed by atoms with Crippen LogP contribution in [0.5, 0.6) is 11.5 Å². The molecule has 1 aromatic heterocycles. The summed E-state index contributed by atoms with van der Waals surface area (Å²) in [6.07, 6.45) is 1.81. The van der Waals surface area contributed by atoms with E-state index in [2.05, 4.69) is 20.9 Å². The molecule has 7 nitrogen and oxygen atoms in total. The number of allylic oxidation sites excluding steroid dienone is 1.